The lowest BCUT2D eigenvalue weighted by Gasteiger charge is -2.08. The molecule has 0 aliphatic heterocycles. The van der Waals surface area contributed by atoms with Crippen molar-refractivity contribution in [3.8, 4) is 16.9 Å². The number of aromatic nitrogens is 2. The van der Waals surface area contributed by atoms with Crippen LogP contribution in [0.15, 0.2) is 91.1 Å². The highest BCUT2D eigenvalue weighted by Crippen LogP contribution is 2.35. The molecule has 2 heterocycles. The monoisotopic (exact) mass is 334 g/mol. The van der Waals surface area contributed by atoms with Crippen molar-refractivity contribution in [2.45, 2.75) is 6.92 Å². The summed E-state index contributed by atoms with van der Waals surface area (Å²) in [5, 5.41) is 2.58. The van der Waals surface area contributed by atoms with Gasteiger partial charge >= 0.3 is 0 Å². The van der Waals surface area contributed by atoms with Gasteiger partial charge in [-0.05, 0) is 55.0 Å². The quantitative estimate of drug-likeness (QED) is 0.378. The number of benzene rings is 3. The largest absolute Gasteiger partial charge is 0.309 e. The van der Waals surface area contributed by atoms with Crippen LogP contribution in [-0.2, 0) is 0 Å². The predicted molar refractivity (Wildman–Crippen MR) is 109 cm³/mol. The van der Waals surface area contributed by atoms with Crippen LogP contribution < -0.4 is 0 Å². The van der Waals surface area contributed by atoms with Crippen molar-refractivity contribution in [3.05, 3.63) is 96.7 Å². The van der Waals surface area contributed by atoms with Crippen LogP contribution in [0.4, 0.5) is 0 Å². The average Bonchev–Trinajstić information content (AvgIpc) is 3.04. The van der Waals surface area contributed by atoms with Gasteiger partial charge in [-0.3, -0.25) is 4.98 Å². The Labute approximate surface area is 152 Å². The molecule has 0 aliphatic rings. The molecule has 3 aromatic carbocycles. The van der Waals surface area contributed by atoms with Crippen molar-refractivity contribution in [2.24, 2.45) is 0 Å². The first-order valence-electron chi connectivity index (χ1n) is 8.83. The zero-order valence-corrected chi connectivity index (χ0v) is 14.6. The number of rotatable bonds is 2. The van der Waals surface area contributed by atoms with Crippen LogP contribution in [0.3, 0.4) is 0 Å². The lowest BCUT2D eigenvalue weighted by molar-refractivity contribution is 1.18. The van der Waals surface area contributed by atoms with Crippen molar-refractivity contribution in [1.29, 1.82) is 0 Å². The molecule has 5 aromatic rings. The van der Waals surface area contributed by atoms with E-state index in [9.17, 15) is 0 Å². The minimum atomic E-state index is 1.00. The van der Waals surface area contributed by atoms with Crippen molar-refractivity contribution in [3.63, 3.8) is 0 Å². The Bertz CT molecular complexity index is 1220. The maximum atomic E-state index is 4.52. The Hall–Kier alpha value is -3.39. The van der Waals surface area contributed by atoms with Crippen LogP contribution in [-0.4, -0.2) is 9.55 Å². The molecule has 0 spiro atoms. The fraction of sp³-hybridized carbons (Fsp3) is 0.0417. The number of pyridine rings is 1. The van der Waals surface area contributed by atoms with Crippen LogP contribution in [0.2, 0.25) is 0 Å². The molecule has 26 heavy (non-hydrogen) atoms. The molecule has 0 unspecified atom stereocenters. The van der Waals surface area contributed by atoms with E-state index in [1.165, 1.54) is 33.1 Å². The highest BCUT2D eigenvalue weighted by atomic mass is 15.0. The van der Waals surface area contributed by atoms with Crippen LogP contribution in [0.25, 0.3) is 38.8 Å². The molecule has 0 saturated heterocycles. The summed E-state index contributed by atoms with van der Waals surface area (Å²) in [4.78, 5) is 4.52. The smallest absolute Gasteiger partial charge is 0.0702 e. The zero-order chi connectivity index (χ0) is 17.5. The number of hydrogen-bond acceptors (Lipinski definition) is 1. The van der Waals surface area contributed by atoms with E-state index in [1.54, 1.807) is 0 Å². The molecule has 0 N–H and O–H groups in total. The van der Waals surface area contributed by atoms with E-state index in [2.05, 4.69) is 89.3 Å². The van der Waals surface area contributed by atoms with Crippen LogP contribution in [0, 0.1) is 6.92 Å². The Morgan fingerprint density at radius 2 is 1.58 bits per heavy atom. The Morgan fingerprint density at radius 3 is 2.38 bits per heavy atom. The molecule has 0 bridgehead atoms. The molecule has 2 heteroatoms. The van der Waals surface area contributed by atoms with Gasteiger partial charge in [-0.15, -0.1) is 0 Å². The second-order valence-corrected chi connectivity index (χ2v) is 6.59. The third-order valence-electron chi connectivity index (χ3n) is 4.97. The van der Waals surface area contributed by atoms with Gasteiger partial charge in [0.15, 0.2) is 0 Å². The van der Waals surface area contributed by atoms with Crippen LogP contribution in [0.5, 0.6) is 0 Å². The maximum absolute atomic E-state index is 4.52. The van der Waals surface area contributed by atoms with Gasteiger partial charge < -0.3 is 4.57 Å². The summed E-state index contributed by atoms with van der Waals surface area (Å²) in [6.45, 7) is 2.19. The first-order valence-corrected chi connectivity index (χ1v) is 8.83. The van der Waals surface area contributed by atoms with Gasteiger partial charge in [-0.25, -0.2) is 0 Å². The average molecular weight is 334 g/mol. The molecule has 0 aliphatic carbocycles. The molecule has 0 saturated carbocycles. The van der Waals surface area contributed by atoms with E-state index in [-0.39, 0.29) is 0 Å². The van der Waals surface area contributed by atoms with E-state index in [4.69, 9.17) is 0 Å². The van der Waals surface area contributed by atoms with Gasteiger partial charge in [0.25, 0.3) is 0 Å². The lowest BCUT2D eigenvalue weighted by atomic mass is 10.0. The molecule has 0 fully saturated rings. The summed E-state index contributed by atoms with van der Waals surface area (Å²) in [6.07, 6.45) is 1.85. The molecular weight excluding hydrogens is 316 g/mol. The molecule has 124 valence electrons. The van der Waals surface area contributed by atoms with Crippen molar-refractivity contribution in [2.75, 3.05) is 0 Å². The van der Waals surface area contributed by atoms with Gasteiger partial charge in [-0.2, -0.15) is 0 Å². The standard InChI is InChI=1S/C24H18N2/c1-17-8-7-12-23-24(17)20-16-18(21-11-5-6-15-25-21)13-14-22(20)26(23)19-9-3-2-4-10-19/h2-16H,1H3. The van der Waals surface area contributed by atoms with Gasteiger partial charge in [-0.1, -0.05) is 42.5 Å². The number of para-hydroxylation sites is 1. The van der Waals surface area contributed by atoms with Gasteiger partial charge in [0, 0.05) is 28.2 Å². The summed E-state index contributed by atoms with van der Waals surface area (Å²) in [5.41, 5.74) is 7.09. The highest BCUT2D eigenvalue weighted by Gasteiger charge is 2.14. The fourth-order valence-electron chi connectivity index (χ4n) is 3.80. The molecule has 2 nitrogen and oxygen atoms in total. The zero-order valence-electron chi connectivity index (χ0n) is 14.6. The minimum Gasteiger partial charge on any atom is -0.309 e. The fourth-order valence-corrected chi connectivity index (χ4v) is 3.80. The summed E-state index contributed by atoms with van der Waals surface area (Å²) < 4.78 is 2.35. The second-order valence-electron chi connectivity index (χ2n) is 6.59. The summed E-state index contributed by atoms with van der Waals surface area (Å²) in [6, 6.07) is 29.8. The first-order chi connectivity index (χ1) is 12.8. The highest BCUT2D eigenvalue weighted by molar-refractivity contribution is 6.11. The topological polar surface area (TPSA) is 17.8 Å². The van der Waals surface area contributed by atoms with E-state index in [0.29, 0.717) is 0 Å². The van der Waals surface area contributed by atoms with Crippen LogP contribution in [0.1, 0.15) is 5.56 Å². The predicted octanol–water partition coefficient (Wildman–Crippen LogP) is 6.15. The lowest BCUT2D eigenvalue weighted by Crippen LogP contribution is -1.93. The van der Waals surface area contributed by atoms with E-state index < -0.39 is 0 Å². The molecule has 5 rings (SSSR count). The minimum absolute atomic E-state index is 1.00. The summed E-state index contributed by atoms with van der Waals surface area (Å²) in [7, 11) is 0. The number of fused-ring (bicyclic) bond motifs is 3. The molecule has 2 aromatic heterocycles. The maximum Gasteiger partial charge on any atom is 0.0702 e. The Kier molecular flexibility index (Phi) is 3.36. The van der Waals surface area contributed by atoms with E-state index in [0.717, 1.165) is 11.3 Å². The molecule has 0 atom stereocenters. The van der Waals surface area contributed by atoms with Crippen molar-refractivity contribution >= 4 is 21.8 Å². The summed E-state index contributed by atoms with van der Waals surface area (Å²) in [5.74, 6) is 0. The number of hydrogen-bond donors (Lipinski definition) is 0. The first kappa shape index (κ1) is 14.9. The molecular formula is C24H18N2. The SMILES string of the molecule is Cc1cccc2c1c1cc(-c3ccccn3)ccc1n2-c1ccccc1. The van der Waals surface area contributed by atoms with Gasteiger partial charge in [0.1, 0.15) is 0 Å². The van der Waals surface area contributed by atoms with Crippen molar-refractivity contribution in [1.82, 2.24) is 9.55 Å². The second kappa shape index (κ2) is 5.85. The van der Waals surface area contributed by atoms with E-state index >= 15 is 0 Å². The van der Waals surface area contributed by atoms with Crippen LogP contribution >= 0.6 is 0 Å². The molecule has 0 amide bonds. The number of aryl methyl sites for hydroxylation is 1. The summed E-state index contributed by atoms with van der Waals surface area (Å²) >= 11 is 0. The van der Waals surface area contributed by atoms with E-state index in [1.807, 2.05) is 18.3 Å². The van der Waals surface area contributed by atoms with Crippen molar-refractivity contribution < 1.29 is 0 Å². The Morgan fingerprint density at radius 1 is 0.731 bits per heavy atom. The van der Waals surface area contributed by atoms with Gasteiger partial charge in [0.2, 0.25) is 0 Å². The molecule has 0 radical (unpaired) electrons. The number of nitrogens with zero attached hydrogens (tertiary/aromatic N) is 2. The third kappa shape index (κ3) is 2.23. The van der Waals surface area contributed by atoms with Gasteiger partial charge in [0.05, 0.1) is 16.7 Å². The third-order valence-corrected chi connectivity index (χ3v) is 4.97. The Balaban J connectivity index is 1.89. The normalized spacial score (nSPS) is 11.3.